The van der Waals surface area contributed by atoms with E-state index >= 15 is 0 Å². The zero-order valence-electron chi connectivity index (χ0n) is 7.31. The number of hydrogen-bond donors (Lipinski definition) is 1. The van der Waals surface area contributed by atoms with Crippen LogP contribution in [0, 0.1) is 0 Å². The Labute approximate surface area is 67.2 Å². The first kappa shape index (κ1) is 10.0. The van der Waals surface area contributed by atoms with E-state index < -0.39 is 0 Å². The van der Waals surface area contributed by atoms with Crippen molar-refractivity contribution in [3.63, 3.8) is 0 Å². The van der Waals surface area contributed by atoms with Gasteiger partial charge in [0.05, 0.1) is 12.2 Å². The van der Waals surface area contributed by atoms with E-state index in [9.17, 15) is 4.79 Å². The Morgan fingerprint density at radius 1 is 1.45 bits per heavy atom. The third-order valence-electron chi connectivity index (χ3n) is 1.35. The largest absolute Gasteiger partial charge is 0.463 e. The summed E-state index contributed by atoms with van der Waals surface area (Å²) < 4.78 is 4.78. The van der Waals surface area contributed by atoms with Crippen LogP contribution in [0.4, 0.5) is 0 Å². The minimum atomic E-state index is -0.296. The fourth-order valence-electron chi connectivity index (χ4n) is 0.802. The van der Waals surface area contributed by atoms with E-state index in [0.29, 0.717) is 24.3 Å². The molecule has 0 saturated carbocycles. The SMILES string of the molecule is CCOC(=O)/C(CC)=C(\C)N. The lowest BCUT2D eigenvalue weighted by Crippen LogP contribution is -2.11. The monoisotopic (exact) mass is 157 g/mol. The van der Waals surface area contributed by atoms with Crippen LogP contribution < -0.4 is 5.73 Å². The summed E-state index contributed by atoms with van der Waals surface area (Å²) in [6.45, 7) is 5.75. The topological polar surface area (TPSA) is 52.3 Å². The van der Waals surface area contributed by atoms with Gasteiger partial charge in [0.15, 0.2) is 0 Å². The molecule has 0 radical (unpaired) electrons. The van der Waals surface area contributed by atoms with Crippen LogP contribution in [0.3, 0.4) is 0 Å². The van der Waals surface area contributed by atoms with Gasteiger partial charge in [0.2, 0.25) is 0 Å². The van der Waals surface area contributed by atoms with E-state index in [1.165, 1.54) is 0 Å². The summed E-state index contributed by atoms with van der Waals surface area (Å²) in [5, 5.41) is 0. The quantitative estimate of drug-likeness (QED) is 0.494. The lowest BCUT2D eigenvalue weighted by Gasteiger charge is -2.05. The zero-order chi connectivity index (χ0) is 8.85. The minimum Gasteiger partial charge on any atom is -0.463 e. The highest BCUT2D eigenvalue weighted by Gasteiger charge is 2.09. The molecule has 2 N–H and O–H groups in total. The molecule has 11 heavy (non-hydrogen) atoms. The Hall–Kier alpha value is -0.990. The summed E-state index contributed by atoms with van der Waals surface area (Å²) >= 11 is 0. The maximum absolute atomic E-state index is 11.1. The molecule has 0 aromatic heterocycles. The summed E-state index contributed by atoms with van der Waals surface area (Å²) in [6.07, 6.45) is 0.626. The Kier molecular flexibility index (Phi) is 4.34. The Balaban J connectivity index is 4.28. The number of carbonyl (C=O) groups is 1. The van der Waals surface area contributed by atoms with Gasteiger partial charge in [0.25, 0.3) is 0 Å². The minimum absolute atomic E-state index is 0.296. The molecule has 0 fully saturated rings. The van der Waals surface area contributed by atoms with E-state index in [2.05, 4.69) is 0 Å². The summed E-state index contributed by atoms with van der Waals surface area (Å²) in [6, 6.07) is 0. The predicted molar refractivity (Wildman–Crippen MR) is 43.8 cm³/mol. The molecule has 0 saturated heterocycles. The van der Waals surface area contributed by atoms with Gasteiger partial charge in [0.1, 0.15) is 0 Å². The van der Waals surface area contributed by atoms with Crippen LogP contribution in [0.25, 0.3) is 0 Å². The van der Waals surface area contributed by atoms with E-state index in [4.69, 9.17) is 10.5 Å². The van der Waals surface area contributed by atoms with E-state index in [-0.39, 0.29) is 5.97 Å². The van der Waals surface area contributed by atoms with Crippen molar-refractivity contribution in [2.75, 3.05) is 6.61 Å². The molecule has 64 valence electrons. The molecule has 0 amide bonds. The molecular formula is C8H15NO2. The molecule has 0 unspecified atom stereocenters. The molecular weight excluding hydrogens is 142 g/mol. The molecule has 0 aliphatic heterocycles. The molecule has 0 rings (SSSR count). The average molecular weight is 157 g/mol. The molecule has 0 aliphatic carbocycles. The number of carbonyl (C=O) groups excluding carboxylic acids is 1. The van der Waals surface area contributed by atoms with Gasteiger partial charge in [-0.15, -0.1) is 0 Å². The third kappa shape index (κ3) is 3.07. The van der Waals surface area contributed by atoms with Crippen LogP contribution in [-0.2, 0) is 9.53 Å². The Morgan fingerprint density at radius 2 is 2.00 bits per heavy atom. The number of nitrogens with two attached hydrogens (primary N) is 1. The maximum Gasteiger partial charge on any atom is 0.335 e. The highest BCUT2D eigenvalue weighted by Crippen LogP contribution is 2.05. The molecule has 0 atom stereocenters. The van der Waals surface area contributed by atoms with Crippen LogP contribution in [0.5, 0.6) is 0 Å². The first-order valence-corrected chi connectivity index (χ1v) is 3.75. The van der Waals surface area contributed by atoms with Crippen molar-refractivity contribution >= 4 is 5.97 Å². The predicted octanol–water partition coefficient (Wildman–Crippen LogP) is 1.19. The number of ether oxygens (including phenoxy) is 1. The summed E-state index contributed by atoms with van der Waals surface area (Å²) in [5.41, 5.74) is 6.58. The number of esters is 1. The molecule has 0 aromatic rings. The fraction of sp³-hybridized carbons (Fsp3) is 0.625. The maximum atomic E-state index is 11.1. The Morgan fingerprint density at radius 3 is 2.27 bits per heavy atom. The van der Waals surface area contributed by atoms with Gasteiger partial charge < -0.3 is 10.5 Å². The van der Waals surface area contributed by atoms with Crippen LogP contribution >= 0.6 is 0 Å². The first-order chi connectivity index (χ1) is 5.13. The summed E-state index contributed by atoms with van der Waals surface area (Å²) in [7, 11) is 0. The van der Waals surface area contributed by atoms with Crippen molar-refractivity contribution in [1.29, 1.82) is 0 Å². The van der Waals surface area contributed by atoms with Gasteiger partial charge >= 0.3 is 5.97 Å². The fourth-order valence-corrected chi connectivity index (χ4v) is 0.802. The summed E-state index contributed by atoms with van der Waals surface area (Å²) in [4.78, 5) is 11.1. The van der Waals surface area contributed by atoms with E-state index in [1.54, 1.807) is 13.8 Å². The van der Waals surface area contributed by atoms with Crippen molar-refractivity contribution in [3.05, 3.63) is 11.3 Å². The molecule has 0 bridgehead atoms. The lowest BCUT2D eigenvalue weighted by atomic mass is 10.2. The third-order valence-corrected chi connectivity index (χ3v) is 1.35. The lowest BCUT2D eigenvalue weighted by molar-refractivity contribution is -0.138. The number of hydrogen-bond acceptors (Lipinski definition) is 3. The molecule has 0 aliphatic rings. The smallest absolute Gasteiger partial charge is 0.335 e. The second-order valence-corrected chi connectivity index (χ2v) is 2.24. The standard InChI is InChI=1S/C8H15NO2/c1-4-7(6(3)9)8(10)11-5-2/h4-5,9H2,1-3H3/b7-6+. The van der Waals surface area contributed by atoms with Crippen molar-refractivity contribution in [3.8, 4) is 0 Å². The van der Waals surface area contributed by atoms with Gasteiger partial charge in [-0.1, -0.05) is 6.92 Å². The normalized spacial score (nSPS) is 12.3. The van der Waals surface area contributed by atoms with Crippen LogP contribution in [0.2, 0.25) is 0 Å². The van der Waals surface area contributed by atoms with Crippen LogP contribution in [0.1, 0.15) is 27.2 Å². The highest BCUT2D eigenvalue weighted by molar-refractivity contribution is 5.88. The number of allylic oxidation sites excluding steroid dienone is 1. The van der Waals surface area contributed by atoms with Crippen molar-refractivity contribution in [2.45, 2.75) is 27.2 Å². The first-order valence-electron chi connectivity index (χ1n) is 3.75. The molecule has 3 nitrogen and oxygen atoms in total. The van der Waals surface area contributed by atoms with E-state index in [1.807, 2.05) is 6.92 Å². The van der Waals surface area contributed by atoms with Gasteiger partial charge in [-0.25, -0.2) is 4.79 Å². The average Bonchev–Trinajstić information content (AvgIpc) is 1.88. The van der Waals surface area contributed by atoms with Gasteiger partial charge in [0, 0.05) is 5.70 Å². The second-order valence-electron chi connectivity index (χ2n) is 2.24. The van der Waals surface area contributed by atoms with Crippen molar-refractivity contribution in [2.24, 2.45) is 5.73 Å². The molecule has 0 aromatic carbocycles. The van der Waals surface area contributed by atoms with Gasteiger partial charge in [-0.3, -0.25) is 0 Å². The second kappa shape index (κ2) is 4.77. The van der Waals surface area contributed by atoms with Crippen molar-refractivity contribution in [1.82, 2.24) is 0 Å². The highest BCUT2D eigenvalue weighted by atomic mass is 16.5. The van der Waals surface area contributed by atoms with Gasteiger partial charge in [-0.2, -0.15) is 0 Å². The molecule has 3 heteroatoms. The molecule has 0 spiro atoms. The zero-order valence-corrected chi connectivity index (χ0v) is 7.31. The molecule has 0 heterocycles. The summed E-state index contributed by atoms with van der Waals surface area (Å²) in [5.74, 6) is -0.296. The Bertz CT molecular complexity index is 169. The van der Waals surface area contributed by atoms with Crippen LogP contribution in [-0.4, -0.2) is 12.6 Å². The van der Waals surface area contributed by atoms with E-state index in [0.717, 1.165) is 0 Å². The van der Waals surface area contributed by atoms with Gasteiger partial charge in [-0.05, 0) is 20.3 Å². The van der Waals surface area contributed by atoms with Crippen molar-refractivity contribution < 1.29 is 9.53 Å². The van der Waals surface area contributed by atoms with Crippen LogP contribution in [0.15, 0.2) is 11.3 Å². The number of rotatable bonds is 3.